The molecule has 22 heavy (non-hydrogen) atoms. The number of nitrogens with two attached hydrogens (primary N) is 1. The first-order chi connectivity index (χ1) is 10.7. The average Bonchev–Trinajstić information content (AvgIpc) is 2.56. The molecule has 0 spiro atoms. The molecule has 0 radical (unpaired) electrons. The van der Waals surface area contributed by atoms with Crippen LogP contribution in [0, 0.1) is 0 Å². The third kappa shape index (κ3) is 11.6. The van der Waals surface area contributed by atoms with Gasteiger partial charge < -0.3 is 13.3 Å². The fourth-order valence-electron chi connectivity index (χ4n) is 2.54. The van der Waals surface area contributed by atoms with E-state index in [1.807, 2.05) is 0 Å². The molecular weight excluding hydrogens is 296 g/mol. The van der Waals surface area contributed by atoms with E-state index in [2.05, 4.69) is 12.3 Å². The van der Waals surface area contributed by atoms with Crippen LogP contribution >= 0.6 is 0 Å². The van der Waals surface area contributed by atoms with E-state index in [9.17, 15) is 0 Å². The first-order valence-electron chi connectivity index (χ1n) is 8.92. The number of rotatable bonds is 17. The summed E-state index contributed by atoms with van der Waals surface area (Å²) >= 11 is 0. The normalized spacial score (nSPS) is 12.0. The summed E-state index contributed by atoms with van der Waals surface area (Å²) in [6, 6.07) is 0.937. The Morgan fingerprint density at radius 2 is 1.32 bits per heavy atom. The van der Waals surface area contributed by atoms with Crippen molar-refractivity contribution in [1.29, 1.82) is 0 Å². The van der Waals surface area contributed by atoms with Crippen molar-refractivity contribution in [2.75, 3.05) is 27.4 Å². The van der Waals surface area contributed by atoms with Crippen molar-refractivity contribution in [2.24, 2.45) is 5.84 Å². The van der Waals surface area contributed by atoms with Gasteiger partial charge >= 0.3 is 8.80 Å². The van der Waals surface area contributed by atoms with E-state index in [0.29, 0.717) is 0 Å². The van der Waals surface area contributed by atoms with Gasteiger partial charge in [0.2, 0.25) is 0 Å². The van der Waals surface area contributed by atoms with Gasteiger partial charge in [-0.15, -0.1) is 0 Å². The Morgan fingerprint density at radius 3 is 1.77 bits per heavy atom. The Balaban J connectivity index is 3.49. The molecule has 0 aliphatic heterocycles. The number of hydrazine groups is 1. The Labute approximate surface area is 138 Å². The smallest absolute Gasteiger partial charge is 0.377 e. The summed E-state index contributed by atoms with van der Waals surface area (Å²) in [6.07, 6.45) is 12.5. The monoisotopic (exact) mass is 334 g/mol. The van der Waals surface area contributed by atoms with E-state index < -0.39 is 8.80 Å². The van der Waals surface area contributed by atoms with Crippen LogP contribution in [0.4, 0.5) is 0 Å². The second kappa shape index (κ2) is 15.9. The summed E-state index contributed by atoms with van der Waals surface area (Å²) in [5, 5.41) is 0. The first kappa shape index (κ1) is 22.0. The minimum atomic E-state index is -2.37. The maximum absolute atomic E-state index is 5.85. The Kier molecular flexibility index (Phi) is 15.9. The van der Waals surface area contributed by atoms with Crippen LogP contribution < -0.4 is 11.3 Å². The van der Waals surface area contributed by atoms with Crippen molar-refractivity contribution in [3.63, 3.8) is 0 Å². The Morgan fingerprint density at radius 1 is 0.818 bits per heavy atom. The summed E-state index contributed by atoms with van der Waals surface area (Å²) < 4.78 is 17.0. The predicted octanol–water partition coefficient (Wildman–Crippen LogP) is 3.62. The van der Waals surface area contributed by atoms with Crippen molar-refractivity contribution >= 4 is 8.80 Å². The second-order valence-corrected chi connectivity index (χ2v) is 8.80. The van der Waals surface area contributed by atoms with Crippen molar-refractivity contribution in [2.45, 2.75) is 77.2 Å². The fraction of sp³-hybridized carbons (Fsp3) is 1.00. The van der Waals surface area contributed by atoms with Gasteiger partial charge in [-0.25, -0.2) is 0 Å². The Bertz CT molecular complexity index is 229. The maximum Gasteiger partial charge on any atom is 0.500 e. The molecule has 6 heteroatoms. The lowest BCUT2D eigenvalue weighted by molar-refractivity contribution is 0.0975. The van der Waals surface area contributed by atoms with E-state index in [1.165, 1.54) is 51.4 Å². The van der Waals surface area contributed by atoms with Gasteiger partial charge in [0.25, 0.3) is 0 Å². The minimum Gasteiger partial charge on any atom is -0.377 e. The number of nitrogens with one attached hydrogen (secondary N) is 1. The standard InChI is InChI=1S/C16H38N2O3Si/c1-4-15-21-22(19-2,20-3)16-13-11-9-7-5-6-8-10-12-14-18-17/h18H,4-17H2,1-3H3. The first-order valence-corrected chi connectivity index (χ1v) is 10.9. The van der Waals surface area contributed by atoms with Crippen LogP contribution in [0.2, 0.25) is 6.04 Å². The van der Waals surface area contributed by atoms with Gasteiger partial charge in [-0.1, -0.05) is 51.9 Å². The molecule has 134 valence electrons. The largest absolute Gasteiger partial charge is 0.500 e. The third-order valence-corrected chi connectivity index (χ3v) is 6.81. The zero-order valence-electron chi connectivity index (χ0n) is 15.0. The van der Waals surface area contributed by atoms with Gasteiger partial charge in [0, 0.05) is 33.4 Å². The predicted molar refractivity (Wildman–Crippen MR) is 94.6 cm³/mol. The summed E-state index contributed by atoms with van der Waals surface area (Å²) in [4.78, 5) is 0. The highest BCUT2D eigenvalue weighted by Gasteiger charge is 2.37. The molecule has 0 aliphatic carbocycles. The van der Waals surface area contributed by atoms with Crippen molar-refractivity contribution in [1.82, 2.24) is 5.43 Å². The highest BCUT2D eigenvalue weighted by atomic mass is 28.4. The Hall–Kier alpha value is 0.0169. The van der Waals surface area contributed by atoms with Gasteiger partial charge in [-0.2, -0.15) is 0 Å². The van der Waals surface area contributed by atoms with Gasteiger partial charge in [0.1, 0.15) is 0 Å². The van der Waals surface area contributed by atoms with Crippen molar-refractivity contribution < 1.29 is 13.3 Å². The van der Waals surface area contributed by atoms with E-state index in [4.69, 9.17) is 19.1 Å². The fourth-order valence-corrected chi connectivity index (χ4v) is 4.69. The number of unbranched alkanes of at least 4 members (excludes halogenated alkanes) is 8. The van der Waals surface area contributed by atoms with Crippen LogP contribution in [-0.2, 0) is 13.3 Å². The highest BCUT2D eigenvalue weighted by molar-refractivity contribution is 6.60. The van der Waals surface area contributed by atoms with E-state index in [1.54, 1.807) is 14.2 Å². The van der Waals surface area contributed by atoms with E-state index >= 15 is 0 Å². The zero-order valence-corrected chi connectivity index (χ0v) is 16.0. The molecule has 0 saturated heterocycles. The lowest BCUT2D eigenvalue weighted by Gasteiger charge is -2.26. The van der Waals surface area contributed by atoms with Crippen LogP contribution in [0.25, 0.3) is 0 Å². The number of hydrogen-bond donors (Lipinski definition) is 2. The third-order valence-electron chi connectivity index (χ3n) is 3.95. The molecule has 0 amide bonds. The molecule has 0 aromatic heterocycles. The molecule has 0 heterocycles. The van der Waals surface area contributed by atoms with E-state index in [0.717, 1.165) is 32.0 Å². The van der Waals surface area contributed by atoms with Crippen LogP contribution in [0.1, 0.15) is 71.1 Å². The minimum absolute atomic E-state index is 0.730. The molecular formula is C16H38N2O3Si. The molecule has 0 rings (SSSR count). The van der Waals surface area contributed by atoms with Crippen molar-refractivity contribution in [3.8, 4) is 0 Å². The molecule has 0 aromatic carbocycles. The summed E-state index contributed by atoms with van der Waals surface area (Å²) in [5.74, 6) is 5.24. The van der Waals surface area contributed by atoms with Gasteiger partial charge in [0.05, 0.1) is 0 Å². The summed E-state index contributed by atoms with van der Waals surface area (Å²) in [6.45, 7) is 3.77. The molecule has 0 aliphatic rings. The quantitative estimate of drug-likeness (QED) is 0.184. The zero-order chi connectivity index (χ0) is 16.5. The topological polar surface area (TPSA) is 65.7 Å². The van der Waals surface area contributed by atoms with Crippen LogP contribution in [0.15, 0.2) is 0 Å². The van der Waals surface area contributed by atoms with Crippen LogP contribution in [-0.4, -0.2) is 36.2 Å². The molecule has 0 bridgehead atoms. The summed E-state index contributed by atoms with van der Waals surface area (Å²) in [5.41, 5.74) is 2.70. The van der Waals surface area contributed by atoms with Gasteiger partial charge in [0.15, 0.2) is 0 Å². The maximum atomic E-state index is 5.85. The number of hydrogen-bond acceptors (Lipinski definition) is 5. The molecule has 0 aromatic rings. The molecule has 5 nitrogen and oxygen atoms in total. The lowest BCUT2D eigenvalue weighted by Crippen LogP contribution is -2.43. The average molecular weight is 335 g/mol. The highest BCUT2D eigenvalue weighted by Crippen LogP contribution is 2.19. The summed E-state index contributed by atoms with van der Waals surface area (Å²) in [7, 11) is 1.05. The SMILES string of the molecule is CCCO[Si](CCCCCCCCCCCNN)(OC)OC. The van der Waals surface area contributed by atoms with Gasteiger partial charge in [-0.3, -0.25) is 11.3 Å². The van der Waals surface area contributed by atoms with E-state index in [-0.39, 0.29) is 0 Å². The second-order valence-electron chi connectivity index (χ2n) is 5.83. The van der Waals surface area contributed by atoms with Gasteiger partial charge in [-0.05, 0) is 19.3 Å². The molecule has 0 fully saturated rings. The molecule has 3 N–H and O–H groups in total. The molecule has 0 atom stereocenters. The molecule has 0 unspecified atom stereocenters. The molecule has 0 saturated carbocycles. The van der Waals surface area contributed by atoms with Crippen LogP contribution in [0.5, 0.6) is 0 Å². The van der Waals surface area contributed by atoms with Crippen LogP contribution in [0.3, 0.4) is 0 Å². The lowest BCUT2D eigenvalue weighted by atomic mass is 10.1. The van der Waals surface area contributed by atoms with Crippen molar-refractivity contribution in [3.05, 3.63) is 0 Å².